The van der Waals surface area contributed by atoms with E-state index in [-0.39, 0.29) is 32.7 Å². The Morgan fingerprint density at radius 3 is 2.62 bits per heavy atom. The number of esters is 1. The van der Waals surface area contributed by atoms with Crippen LogP contribution in [0.15, 0.2) is 36.4 Å². The van der Waals surface area contributed by atoms with Crippen LogP contribution < -0.4 is 10.1 Å². The van der Waals surface area contributed by atoms with Gasteiger partial charge in [-0.2, -0.15) is 0 Å². The summed E-state index contributed by atoms with van der Waals surface area (Å²) < 4.78 is 9.89. The average molecular weight is 399 g/mol. The highest BCUT2D eigenvalue weighted by molar-refractivity contribution is 6.43. The third-order valence-electron chi connectivity index (χ3n) is 3.18. The predicted molar refractivity (Wildman–Crippen MR) is 95.0 cm³/mol. The molecule has 0 bridgehead atoms. The van der Waals surface area contributed by atoms with Gasteiger partial charge < -0.3 is 14.8 Å². The molecular formula is C16H12Cl2N2O6. The Kier molecular flexibility index (Phi) is 6.37. The van der Waals surface area contributed by atoms with Crippen LogP contribution in [0.1, 0.15) is 10.4 Å². The first-order valence-corrected chi connectivity index (χ1v) is 7.82. The number of carbonyl (C=O) groups excluding carboxylic acids is 2. The van der Waals surface area contributed by atoms with Crippen LogP contribution in [-0.4, -0.2) is 30.5 Å². The van der Waals surface area contributed by atoms with Crippen LogP contribution in [0.4, 0.5) is 11.4 Å². The van der Waals surface area contributed by atoms with Gasteiger partial charge in [0.2, 0.25) is 0 Å². The molecule has 8 nitrogen and oxygen atoms in total. The van der Waals surface area contributed by atoms with Crippen molar-refractivity contribution in [3.05, 3.63) is 62.1 Å². The number of carbonyl (C=O) groups is 2. The maximum absolute atomic E-state index is 12.0. The Balaban J connectivity index is 2.02. The maximum Gasteiger partial charge on any atom is 0.340 e. The lowest BCUT2D eigenvalue weighted by molar-refractivity contribution is -0.384. The van der Waals surface area contributed by atoms with Crippen molar-refractivity contribution in [1.29, 1.82) is 0 Å². The lowest BCUT2D eigenvalue weighted by Gasteiger charge is -2.10. The molecule has 0 atom stereocenters. The van der Waals surface area contributed by atoms with E-state index in [1.807, 2.05) is 0 Å². The Morgan fingerprint density at radius 2 is 1.96 bits per heavy atom. The SMILES string of the molecule is COc1cc([N+](=O)[O-])ccc1NC(=O)COC(=O)c1cccc(Cl)c1Cl. The van der Waals surface area contributed by atoms with Gasteiger partial charge in [-0.05, 0) is 18.2 Å². The highest BCUT2D eigenvalue weighted by atomic mass is 35.5. The molecule has 0 saturated carbocycles. The van der Waals surface area contributed by atoms with E-state index in [1.54, 1.807) is 0 Å². The molecule has 0 saturated heterocycles. The van der Waals surface area contributed by atoms with E-state index in [2.05, 4.69) is 5.32 Å². The Bertz CT molecular complexity index is 872. The summed E-state index contributed by atoms with van der Waals surface area (Å²) in [6.07, 6.45) is 0. The van der Waals surface area contributed by atoms with Crippen molar-refractivity contribution in [2.75, 3.05) is 19.0 Å². The number of nitro benzene ring substituents is 1. The monoisotopic (exact) mass is 398 g/mol. The summed E-state index contributed by atoms with van der Waals surface area (Å²) in [5.74, 6) is -1.39. The second kappa shape index (κ2) is 8.50. The topological polar surface area (TPSA) is 108 Å². The molecule has 0 radical (unpaired) electrons. The molecule has 2 aromatic carbocycles. The fourth-order valence-electron chi connectivity index (χ4n) is 1.95. The number of methoxy groups -OCH3 is 1. The van der Waals surface area contributed by atoms with Crippen LogP contribution in [0.2, 0.25) is 10.0 Å². The maximum atomic E-state index is 12.0. The van der Waals surface area contributed by atoms with Crippen LogP contribution >= 0.6 is 23.2 Å². The predicted octanol–water partition coefficient (Wildman–Crippen LogP) is 3.71. The first kappa shape index (κ1) is 19.5. The van der Waals surface area contributed by atoms with Gasteiger partial charge in [-0.25, -0.2) is 4.79 Å². The van der Waals surface area contributed by atoms with Crippen molar-refractivity contribution < 1.29 is 24.0 Å². The normalized spacial score (nSPS) is 10.1. The Morgan fingerprint density at radius 1 is 1.23 bits per heavy atom. The molecule has 0 unspecified atom stereocenters. The van der Waals surface area contributed by atoms with Gasteiger partial charge in [0.25, 0.3) is 11.6 Å². The molecule has 0 heterocycles. The summed E-state index contributed by atoms with van der Waals surface area (Å²) in [4.78, 5) is 34.1. The molecule has 136 valence electrons. The van der Waals surface area contributed by atoms with Gasteiger partial charge in [0.05, 0.1) is 39.4 Å². The quantitative estimate of drug-likeness (QED) is 0.451. The van der Waals surface area contributed by atoms with Crippen molar-refractivity contribution in [2.24, 2.45) is 0 Å². The van der Waals surface area contributed by atoms with Crippen LogP contribution in [0, 0.1) is 10.1 Å². The molecule has 0 aliphatic heterocycles. The van der Waals surface area contributed by atoms with Gasteiger partial charge in [0.15, 0.2) is 6.61 Å². The second-order valence-electron chi connectivity index (χ2n) is 4.87. The summed E-state index contributed by atoms with van der Waals surface area (Å²) >= 11 is 11.7. The van der Waals surface area contributed by atoms with E-state index in [0.717, 1.165) is 6.07 Å². The summed E-state index contributed by atoms with van der Waals surface area (Å²) in [5, 5.41) is 13.4. The number of hydrogen-bond donors (Lipinski definition) is 1. The third-order valence-corrected chi connectivity index (χ3v) is 3.99. The Labute approximate surface area is 157 Å². The van der Waals surface area contributed by atoms with E-state index in [0.29, 0.717) is 0 Å². The van der Waals surface area contributed by atoms with E-state index in [4.69, 9.17) is 32.7 Å². The first-order chi connectivity index (χ1) is 12.3. The Hall–Kier alpha value is -2.84. The zero-order chi connectivity index (χ0) is 19.3. The summed E-state index contributed by atoms with van der Waals surface area (Å²) in [7, 11) is 1.30. The number of nitro groups is 1. The summed E-state index contributed by atoms with van der Waals surface area (Å²) in [6, 6.07) is 8.11. The minimum atomic E-state index is -0.816. The van der Waals surface area contributed by atoms with Gasteiger partial charge in [0, 0.05) is 6.07 Å². The van der Waals surface area contributed by atoms with E-state index >= 15 is 0 Å². The number of amides is 1. The molecule has 0 aromatic heterocycles. The zero-order valence-electron chi connectivity index (χ0n) is 13.3. The fraction of sp³-hybridized carbons (Fsp3) is 0.125. The van der Waals surface area contributed by atoms with Crippen molar-refractivity contribution in [2.45, 2.75) is 0 Å². The lowest BCUT2D eigenvalue weighted by Crippen LogP contribution is -2.21. The molecule has 26 heavy (non-hydrogen) atoms. The number of anilines is 1. The molecule has 0 fully saturated rings. The van der Waals surface area contributed by atoms with Gasteiger partial charge in [-0.1, -0.05) is 29.3 Å². The van der Waals surface area contributed by atoms with Crippen molar-refractivity contribution in [1.82, 2.24) is 0 Å². The van der Waals surface area contributed by atoms with E-state index < -0.39 is 23.4 Å². The summed E-state index contributed by atoms with van der Waals surface area (Å²) in [5.41, 5.74) is 0.0293. The minimum absolute atomic E-state index is 0.0246. The van der Waals surface area contributed by atoms with Gasteiger partial charge in [-0.3, -0.25) is 14.9 Å². The van der Waals surface area contributed by atoms with Crippen molar-refractivity contribution in [3.8, 4) is 5.75 Å². The molecule has 0 spiro atoms. The molecule has 0 aliphatic carbocycles. The van der Waals surface area contributed by atoms with Crippen LogP contribution in [0.5, 0.6) is 5.75 Å². The lowest BCUT2D eigenvalue weighted by atomic mass is 10.2. The highest BCUT2D eigenvalue weighted by Crippen LogP contribution is 2.29. The number of rotatable bonds is 6. The van der Waals surface area contributed by atoms with Crippen LogP contribution in [0.3, 0.4) is 0 Å². The molecule has 2 rings (SSSR count). The van der Waals surface area contributed by atoms with Crippen molar-refractivity contribution >= 4 is 46.5 Å². The largest absolute Gasteiger partial charge is 0.494 e. The number of benzene rings is 2. The van der Waals surface area contributed by atoms with Crippen LogP contribution in [-0.2, 0) is 9.53 Å². The summed E-state index contributed by atoms with van der Waals surface area (Å²) in [6.45, 7) is -0.595. The minimum Gasteiger partial charge on any atom is -0.494 e. The third kappa shape index (κ3) is 4.62. The van der Waals surface area contributed by atoms with Gasteiger partial charge in [-0.15, -0.1) is 0 Å². The van der Waals surface area contributed by atoms with Gasteiger partial charge >= 0.3 is 5.97 Å². The molecule has 10 heteroatoms. The van der Waals surface area contributed by atoms with Gasteiger partial charge in [0.1, 0.15) is 5.75 Å². The molecule has 1 N–H and O–H groups in total. The number of hydrogen-bond acceptors (Lipinski definition) is 6. The standard InChI is InChI=1S/C16H12Cl2N2O6/c1-25-13-7-9(20(23)24)5-6-12(13)19-14(21)8-26-16(22)10-3-2-4-11(17)15(10)18/h2-7H,8H2,1H3,(H,19,21). The average Bonchev–Trinajstić information content (AvgIpc) is 2.62. The number of ether oxygens (including phenoxy) is 2. The number of non-ortho nitro benzene ring substituents is 1. The second-order valence-corrected chi connectivity index (χ2v) is 5.65. The number of nitrogens with one attached hydrogen (secondary N) is 1. The number of halogens is 2. The number of nitrogens with zero attached hydrogens (tertiary/aromatic N) is 1. The molecular weight excluding hydrogens is 387 g/mol. The molecule has 1 amide bonds. The van der Waals surface area contributed by atoms with E-state index in [1.165, 1.54) is 37.4 Å². The van der Waals surface area contributed by atoms with Crippen LogP contribution in [0.25, 0.3) is 0 Å². The zero-order valence-corrected chi connectivity index (χ0v) is 14.8. The highest BCUT2D eigenvalue weighted by Gasteiger charge is 2.17. The smallest absolute Gasteiger partial charge is 0.340 e. The molecule has 0 aliphatic rings. The van der Waals surface area contributed by atoms with Crippen molar-refractivity contribution in [3.63, 3.8) is 0 Å². The molecule has 2 aromatic rings. The fourth-order valence-corrected chi connectivity index (χ4v) is 2.33. The van der Waals surface area contributed by atoms with E-state index in [9.17, 15) is 19.7 Å². The first-order valence-electron chi connectivity index (χ1n) is 7.07.